The third-order valence-corrected chi connectivity index (χ3v) is 5.55. The van der Waals surface area contributed by atoms with Crippen LogP contribution in [0.25, 0.3) is 0 Å². The third kappa shape index (κ3) is 3.67. The van der Waals surface area contributed by atoms with Crippen LogP contribution in [0.5, 0.6) is 0 Å². The standard InChI is InChI=1S/C18H27FN2O/c19-17-7-3-2-6-16(17)18(22)8-12-21(13-9-18)15-14-20-10-4-1-5-11-20/h2-3,6-7,22H,1,4-5,8-15H2/p+2. The van der Waals surface area contributed by atoms with E-state index in [0.717, 1.165) is 13.1 Å². The second-order valence-electron chi connectivity index (χ2n) is 7.07. The molecule has 2 heterocycles. The van der Waals surface area contributed by atoms with Crippen molar-refractivity contribution in [3.8, 4) is 0 Å². The van der Waals surface area contributed by atoms with Gasteiger partial charge in [-0.15, -0.1) is 0 Å². The van der Waals surface area contributed by atoms with Gasteiger partial charge >= 0.3 is 0 Å². The van der Waals surface area contributed by atoms with Crippen molar-refractivity contribution < 1.29 is 19.3 Å². The van der Waals surface area contributed by atoms with E-state index < -0.39 is 5.60 Å². The fourth-order valence-corrected chi connectivity index (χ4v) is 4.03. The van der Waals surface area contributed by atoms with Crippen molar-refractivity contribution in [2.24, 2.45) is 0 Å². The third-order valence-electron chi connectivity index (χ3n) is 5.55. The van der Waals surface area contributed by atoms with E-state index >= 15 is 0 Å². The Labute approximate surface area is 132 Å². The molecule has 3 rings (SSSR count). The molecule has 0 amide bonds. The minimum Gasteiger partial charge on any atom is -0.385 e. The molecule has 0 saturated carbocycles. The topological polar surface area (TPSA) is 29.1 Å². The van der Waals surface area contributed by atoms with Gasteiger partial charge in [-0.25, -0.2) is 4.39 Å². The largest absolute Gasteiger partial charge is 0.385 e. The van der Waals surface area contributed by atoms with Crippen LogP contribution in [0.3, 0.4) is 0 Å². The zero-order valence-corrected chi connectivity index (χ0v) is 13.4. The van der Waals surface area contributed by atoms with Crippen molar-refractivity contribution in [3.63, 3.8) is 0 Å². The van der Waals surface area contributed by atoms with E-state index in [9.17, 15) is 9.50 Å². The minimum absolute atomic E-state index is 0.272. The molecule has 2 saturated heterocycles. The van der Waals surface area contributed by atoms with E-state index in [-0.39, 0.29) is 5.82 Å². The first-order chi connectivity index (χ1) is 10.7. The molecule has 1 aromatic rings. The Morgan fingerprint density at radius 3 is 2.14 bits per heavy atom. The van der Waals surface area contributed by atoms with Crippen molar-refractivity contribution in [2.45, 2.75) is 37.7 Å². The number of benzene rings is 1. The van der Waals surface area contributed by atoms with Gasteiger partial charge in [-0.2, -0.15) is 0 Å². The molecule has 22 heavy (non-hydrogen) atoms. The van der Waals surface area contributed by atoms with Crippen molar-refractivity contribution in [2.75, 3.05) is 39.3 Å². The summed E-state index contributed by atoms with van der Waals surface area (Å²) in [6, 6.07) is 6.68. The van der Waals surface area contributed by atoms with Gasteiger partial charge in [0.25, 0.3) is 0 Å². The van der Waals surface area contributed by atoms with Crippen LogP contribution in [0.2, 0.25) is 0 Å². The highest BCUT2D eigenvalue weighted by Gasteiger charge is 2.38. The summed E-state index contributed by atoms with van der Waals surface area (Å²) in [4.78, 5) is 3.31. The Bertz CT molecular complexity index is 480. The highest BCUT2D eigenvalue weighted by Crippen LogP contribution is 2.30. The zero-order valence-electron chi connectivity index (χ0n) is 13.4. The Balaban J connectivity index is 1.50. The molecule has 0 aliphatic carbocycles. The van der Waals surface area contributed by atoms with Gasteiger partial charge in [0, 0.05) is 18.4 Å². The molecule has 2 aliphatic heterocycles. The Morgan fingerprint density at radius 2 is 1.50 bits per heavy atom. The SMILES string of the molecule is OC1(c2ccccc2F)CC[NH+](CC[NH+]2CCCCC2)CC1. The second-order valence-corrected chi connectivity index (χ2v) is 7.07. The first-order valence-corrected chi connectivity index (χ1v) is 8.82. The van der Waals surface area contributed by atoms with Crippen LogP contribution in [-0.2, 0) is 5.60 Å². The maximum atomic E-state index is 13.9. The number of piperidine rings is 2. The number of quaternary nitrogens is 2. The van der Waals surface area contributed by atoms with Crippen LogP contribution in [0.4, 0.5) is 4.39 Å². The van der Waals surface area contributed by atoms with Crippen LogP contribution in [-0.4, -0.2) is 44.4 Å². The lowest BCUT2D eigenvalue weighted by atomic mass is 9.84. The van der Waals surface area contributed by atoms with E-state index in [4.69, 9.17) is 0 Å². The van der Waals surface area contributed by atoms with Gasteiger partial charge in [-0.1, -0.05) is 18.2 Å². The Hall–Kier alpha value is -0.970. The molecule has 0 radical (unpaired) electrons. The van der Waals surface area contributed by atoms with E-state index in [1.54, 1.807) is 21.9 Å². The van der Waals surface area contributed by atoms with Gasteiger partial charge in [0.15, 0.2) is 0 Å². The molecule has 3 N–H and O–H groups in total. The average molecular weight is 308 g/mol. The molecule has 0 aromatic heterocycles. The fraction of sp³-hybridized carbons (Fsp3) is 0.667. The van der Waals surface area contributed by atoms with Crippen LogP contribution in [0.1, 0.15) is 37.7 Å². The second kappa shape index (κ2) is 7.07. The zero-order chi connectivity index (χ0) is 15.4. The minimum atomic E-state index is -0.965. The normalized spacial score (nSPS) is 30.4. The first kappa shape index (κ1) is 15.9. The predicted octanol–water partition coefficient (Wildman–Crippen LogP) is -0.239. The molecule has 3 nitrogen and oxygen atoms in total. The average Bonchev–Trinajstić information content (AvgIpc) is 2.56. The molecule has 4 heteroatoms. The molecule has 0 spiro atoms. The van der Waals surface area contributed by atoms with Gasteiger partial charge in [0.1, 0.15) is 24.5 Å². The van der Waals surface area contributed by atoms with Crippen molar-refractivity contribution in [1.29, 1.82) is 0 Å². The van der Waals surface area contributed by atoms with Crippen molar-refractivity contribution in [1.82, 2.24) is 0 Å². The van der Waals surface area contributed by atoms with E-state index in [2.05, 4.69) is 0 Å². The van der Waals surface area contributed by atoms with E-state index in [1.807, 2.05) is 6.07 Å². The number of aliphatic hydroxyl groups is 1. The lowest BCUT2D eigenvalue weighted by Gasteiger charge is -2.36. The summed E-state index contributed by atoms with van der Waals surface area (Å²) in [5, 5.41) is 10.8. The number of hydrogen-bond donors (Lipinski definition) is 3. The summed E-state index contributed by atoms with van der Waals surface area (Å²) in [7, 11) is 0. The molecule has 122 valence electrons. The summed E-state index contributed by atoms with van der Waals surface area (Å²) >= 11 is 0. The summed E-state index contributed by atoms with van der Waals surface area (Å²) < 4.78 is 13.9. The van der Waals surface area contributed by atoms with Gasteiger partial charge in [0.05, 0.1) is 26.2 Å². The first-order valence-electron chi connectivity index (χ1n) is 8.82. The van der Waals surface area contributed by atoms with E-state index in [1.165, 1.54) is 51.5 Å². The lowest BCUT2D eigenvalue weighted by molar-refractivity contribution is -0.963. The Morgan fingerprint density at radius 1 is 0.909 bits per heavy atom. The van der Waals surface area contributed by atoms with Gasteiger partial charge in [0.2, 0.25) is 0 Å². The van der Waals surface area contributed by atoms with Gasteiger partial charge in [-0.3, -0.25) is 0 Å². The molecular weight excluding hydrogens is 279 g/mol. The summed E-state index contributed by atoms with van der Waals surface area (Å²) in [5.74, 6) is -0.272. The van der Waals surface area contributed by atoms with E-state index in [0.29, 0.717) is 18.4 Å². The fourth-order valence-electron chi connectivity index (χ4n) is 4.03. The molecule has 1 aromatic carbocycles. The van der Waals surface area contributed by atoms with Crippen LogP contribution >= 0.6 is 0 Å². The molecule has 0 atom stereocenters. The number of rotatable bonds is 4. The summed E-state index contributed by atoms with van der Waals surface area (Å²) in [6.07, 6.45) is 5.47. The quantitative estimate of drug-likeness (QED) is 0.704. The van der Waals surface area contributed by atoms with Crippen LogP contribution in [0.15, 0.2) is 24.3 Å². The molecule has 2 fully saturated rings. The molecule has 0 unspecified atom stereocenters. The lowest BCUT2D eigenvalue weighted by Crippen LogP contribution is -3.21. The van der Waals surface area contributed by atoms with Gasteiger partial charge in [-0.05, 0) is 25.3 Å². The number of hydrogen-bond acceptors (Lipinski definition) is 1. The number of likely N-dealkylation sites (tertiary alicyclic amines) is 2. The monoisotopic (exact) mass is 308 g/mol. The summed E-state index contributed by atoms with van der Waals surface area (Å²) in [5.41, 5.74) is -0.483. The van der Waals surface area contributed by atoms with Crippen LogP contribution in [0, 0.1) is 5.82 Å². The number of nitrogens with one attached hydrogen (secondary N) is 2. The van der Waals surface area contributed by atoms with Gasteiger partial charge < -0.3 is 14.9 Å². The maximum absolute atomic E-state index is 13.9. The predicted molar refractivity (Wildman–Crippen MR) is 84.5 cm³/mol. The maximum Gasteiger partial charge on any atom is 0.129 e. The highest BCUT2D eigenvalue weighted by molar-refractivity contribution is 5.24. The molecule has 2 aliphatic rings. The number of halogens is 1. The summed E-state index contributed by atoms with van der Waals surface area (Å²) in [6.45, 7) is 6.96. The Kier molecular flexibility index (Phi) is 5.11. The smallest absolute Gasteiger partial charge is 0.129 e. The highest BCUT2D eigenvalue weighted by atomic mass is 19.1. The van der Waals surface area contributed by atoms with Crippen molar-refractivity contribution >= 4 is 0 Å². The van der Waals surface area contributed by atoms with Crippen molar-refractivity contribution in [3.05, 3.63) is 35.6 Å². The van der Waals surface area contributed by atoms with Crippen LogP contribution < -0.4 is 9.80 Å². The molecular formula is C18H29FN2O+2. The molecule has 0 bridgehead atoms.